The average molecular weight is 320 g/mol. The first-order valence-electron chi connectivity index (χ1n) is 8.41. The van der Waals surface area contributed by atoms with Gasteiger partial charge in [-0.2, -0.15) is 0 Å². The Hall–Kier alpha value is -1.75. The van der Waals surface area contributed by atoms with Gasteiger partial charge in [0.2, 0.25) is 0 Å². The maximum absolute atomic E-state index is 5.69. The Morgan fingerprint density at radius 1 is 1.22 bits per heavy atom. The molecule has 0 saturated heterocycles. The highest BCUT2D eigenvalue weighted by Crippen LogP contribution is 2.10. The zero-order valence-electron chi connectivity index (χ0n) is 15.2. The van der Waals surface area contributed by atoms with E-state index in [1.165, 1.54) is 12.0 Å². The summed E-state index contributed by atoms with van der Waals surface area (Å²) in [4.78, 5) is 6.57. The molecule has 0 fully saturated rings. The van der Waals surface area contributed by atoms with Crippen molar-refractivity contribution in [3.05, 3.63) is 29.8 Å². The smallest absolute Gasteiger partial charge is 0.191 e. The number of hydrogen-bond donors (Lipinski definition) is 2. The Bertz CT molecular complexity index is 459. The maximum Gasteiger partial charge on any atom is 0.191 e. The van der Waals surface area contributed by atoms with E-state index in [9.17, 15) is 0 Å². The van der Waals surface area contributed by atoms with Crippen LogP contribution >= 0.6 is 0 Å². The molecule has 0 saturated carbocycles. The molecule has 5 heteroatoms. The fourth-order valence-corrected chi connectivity index (χ4v) is 2.08. The van der Waals surface area contributed by atoms with Crippen LogP contribution in [-0.2, 0) is 0 Å². The van der Waals surface area contributed by atoms with Crippen molar-refractivity contribution in [1.29, 1.82) is 0 Å². The van der Waals surface area contributed by atoms with E-state index in [-0.39, 0.29) is 0 Å². The predicted molar refractivity (Wildman–Crippen MR) is 98.4 cm³/mol. The van der Waals surface area contributed by atoms with E-state index in [1.807, 2.05) is 12.1 Å². The van der Waals surface area contributed by atoms with Crippen LogP contribution in [0.15, 0.2) is 29.3 Å². The van der Waals surface area contributed by atoms with Crippen molar-refractivity contribution >= 4 is 5.96 Å². The van der Waals surface area contributed by atoms with Crippen molar-refractivity contribution in [1.82, 2.24) is 15.5 Å². The monoisotopic (exact) mass is 320 g/mol. The Labute approximate surface area is 141 Å². The molecule has 0 aliphatic rings. The van der Waals surface area contributed by atoms with Gasteiger partial charge in [-0.3, -0.25) is 4.99 Å². The third kappa shape index (κ3) is 7.88. The van der Waals surface area contributed by atoms with E-state index in [0.29, 0.717) is 12.6 Å². The minimum Gasteiger partial charge on any atom is -0.492 e. The first-order valence-corrected chi connectivity index (χ1v) is 8.41. The summed E-state index contributed by atoms with van der Waals surface area (Å²) in [6, 6.07) is 8.70. The SMILES string of the molecule is CCC(C)N(C)CCNC(=NC)NCCOc1ccc(C)cc1. The van der Waals surface area contributed by atoms with Crippen LogP contribution in [0.1, 0.15) is 25.8 Å². The first kappa shape index (κ1) is 19.3. The molecule has 1 aromatic rings. The van der Waals surface area contributed by atoms with E-state index >= 15 is 0 Å². The molecule has 2 N–H and O–H groups in total. The summed E-state index contributed by atoms with van der Waals surface area (Å²) >= 11 is 0. The topological polar surface area (TPSA) is 48.9 Å². The number of likely N-dealkylation sites (N-methyl/N-ethyl adjacent to an activating group) is 1. The second-order valence-electron chi connectivity index (χ2n) is 5.83. The number of aliphatic imine (C=N–C) groups is 1. The number of hydrogen-bond acceptors (Lipinski definition) is 3. The largest absolute Gasteiger partial charge is 0.492 e. The summed E-state index contributed by atoms with van der Waals surface area (Å²) in [6.45, 7) is 9.72. The van der Waals surface area contributed by atoms with Gasteiger partial charge in [-0.1, -0.05) is 24.6 Å². The van der Waals surface area contributed by atoms with Gasteiger partial charge in [-0.05, 0) is 39.4 Å². The molecule has 23 heavy (non-hydrogen) atoms. The van der Waals surface area contributed by atoms with Gasteiger partial charge >= 0.3 is 0 Å². The number of nitrogens with zero attached hydrogens (tertiary/aromatic N) is 2. The van der Waals surface area contributed by atoms with Crippen molar-refractivity contribution in [2.75, 3.05) is 40.3 Å². The van der Waals surface area contributed by atoms with Gasteiger partial charge in [-0.25, -0.2) is 0 Å². The standard InChI is InChI=1S/C18H32N4O/c1-6-16(3)22(5)13-11-20-18(19-4)21-12-14-23-17-9-7-15(2)8-10-17/h7-10,16H,6,11-14H2,1-5H3,(H2,19,20,21). The number of rotatable bonds is 9. The van der Waals surface area contributed by atoms with Crippen molar-refractivity contribution < 1.29 is 4.74 Å². The fourth-order valence-electron chi connectivity index (χ4n) is 2.08. The highest BCUT2D eigenvalue weighted by Gasteiger charge is 2.06. The van der Waals surface area contributed by atoms with Gasteiger partial charge in [0.25, 0.3) is 0 Å². The molecule has 5 nitrogen and oxygen atoms in total. The van der Waals surface area contributed by atoms with Crippen LogP contribution in [0.25, 0.3) is 0 Å². The van der Waals surface area contributed by atoms with Crippen molar-refractivity contribution in [3.8, 4) is 5.75 Å². The Morgan fingerprint density at radius 3 is 2.48 bits per heavy atom. The quantitative estimate of drug-likeness (QED) is 0.416. The summed E-state index contributed by atoms with van der Waals surface area (Å²) in [6.07, 6.45) is 1.17. The summed E-state index contributed by atoms with van der Waals surface area (Å²) in [5, 5.41) is 6.59. The Kier molecular flexibility index (Phi) is 9.14. The van der Waals surface area contributed by atoms with Crippen LogP contribution in [0.3, 0.4) is 0 Å². The number of aryl methyl sites for hydroxylation is 1. The van der Waals surface area contributed by atoms with Gasteiger partial charge in [-0.15, -0.1) is 0 Å². The molecule has 0 aromatic heterocycles. The molecule has 0 bridgehead atoms. The lowest BCUT2D eigenvalue weighted by molar-refractivity contribution is 0.255. The van der Waals surface area contributed by atoms with Gasteiger partial charge in [0.1, 0.15) is 12.4 Å². The molecule has 1 unspecified atom stereocenters. The van der Waals surface area contributed by atoms with E-state index < -0.39 is 0 Å². The molecule has 1 rings (SSSR count). The molecule has 0 spiro atoms. The number of nitrogens with one attached hydrogen (secondary N) is 2. The number of ether oxygens (including phenoxy) is 1. The molecule has 1 aromatic carbocycles. The summed E-state index contributed by atoms with van der Waals surface area (Å²) < 4.78 is 5.69. The average Bonchev–Trinajstić information content (AvgIpc) is 2.57. The minimum absolute atomic E-state index is 0.606. The Morgan fingerprint density at radius 2 is 1.87 bits per heavy atom. The normalized spacial score (nSPS) is 13.0. The van der Waals surface area contributed by atoms with E-state index in [4.69, 9.17) is 4.74 Å². The van der Waals surface area contributed by atoms with E-state index in [1.54, 1.807) is 7.05 Å². The zero-order chi connectivity index (χ0) is 17.1. The molecule has 0 aliphatic carbocycles. The second kappa shape index (κ2) is 10.9. The van der Waals surface area contributed by atoms with Crippen LogP contribution in [0.5, 0.6) is 5.75 Å². The van der Waals surface area contributed by atoms with Gasteiger partial charge < -0.3 is 20.3 Å². The third-order valence-corrected chi connectivity index (χ3v) is 4.01. The van der Waals surface area contributed by atoms with Crippen LogP contribution < -0.4 is 15.4 Å². The number of benzene rings is 1. The molecule has 0 amide bonds. The summed E-state index contributed by atoms with van der Waals surface area (Å²) in [5.74, 6) is 1.71. The van der Waals surface area contributed by atoms with E-state index in [0.717, 1.165) is 31.3 Å². The molecule has 0 heterocycles. The lowest BCUT2D eigenvalue weighted by Gasteiger charge is -2.24. The molecular weight excluding hydrogens is 288 g/mol. The fraction of sp³-hybridized carbons (Fsp3) is 0.611. The van der Waals surface area contributed by atoms with Gasteiger partial charge in [0, 0.05) is 26.2 Å². The molecule has 0 aliphatic heterocycles. The molecule has 1 atom stereocenters. The van der Waals surface area contributed by atoms with Crippen LogP contribution in [0, 0.1) is 6.92 Å². The Balaban J connectivity index is 2.17. The van der Waals surface area contributed by atoms with E-state index in [2.05, 4.69) is 60.5 Å². The van der Waals surface area contributed by atoms with Crippen LogP contribution in [-0.4, -0.2) is 57.2 Å². The first-order chi connectivity index (χ1) is 11.1. The predicted octanol–water partition coefficient (Wildman–Crippen LogP) is 2.27. The summed E-state index contributed by atoms with van der Waals surface area (Å²) in [5.41, 5.74) is 1.24. The molecule has 130 valence electrons. The van der Waals surface area contributed by atoms with Gasteiger partial charge in [0.05, 0.1) is 6.54 Å². The van der Waals surface area contributed by atoms with Crippen molar-refractivity contribution in [2.24, 2.45) is 4.99 Å². The minimum atomic E-state index is 0.606. The molecular formula is C18H32N4O. The molecule has 0 radical (unpaired) electrons. The zero-order valence-corrected chi connectivity index (χ0v) is 15.2. The second-order valence-corrected chi connectivity index (χ2v) is 5.83. The van der Waals surface area contributed by atoms with Crippen molar-refractivity contribution in [2.45, 2.75) is 33.2 Å². The third-order valence-electron chi connectivity index (χ3n) is 4.01. The number of guanidine groups is 1. The highest BCUT2D eigenvalue weighted by molar-refractivity contribution is 5.79. The maximum atomic E-state index is 5.69. The lowest BCUT2D eigenvalue weighted by Crippen LogP contribution is -2.43. The van der Waals surface area contributed by atoms with Crippen molar-refractivity contribution in [3.63, 3.8) is 0 Å². The van der Waals surface area contributed by atoms with Crippen LogP contribution in [0.4, 0.5) is 0 Å². The summed E-state index contributed by atoms with van der Waals surface area (Å²) in [7, 11) is 3.94. The lowest BCUT2D eigenvalue weighted by atomic mass is 10.2. The highest BCUT2D eigenvalue weighted by atomic mass is 16.5. The van der Waals surface area contributed by atoms with Crippen LogP contribution in [0.2, 0.25) is 0 Å². The van der Waals surface area contributed by atoms with Gasteiger partial charge in [0.15, 0.2) is 5.96 Å².